The van der Waals surface area contributed by atoms with Crippen molar-refractivity contribution in [3.8, 4) is 39.7 Å². The largest absolute Gasteiger partial charge is 0.497 e. The number of nitrogens with one attached hydrogen (secondary N) is 1. The molecule has 0 bridgehead atoms. The number of carbonyl (C=O) groups excluding carboxylic acids is 1. The Bertz CT molecular complexity index is 2090. The van der Waals surface area contributed by atoms with Crippen LogP contribution in [0.4, 0.5) is 14.5 Å². The molecule has 7 rings (SSSR count). The predicted octanol–water partition coefficient (Wildman–Crippen LogP) is 7.49. The lowest BCUT2D eigenvalue weighted by Gasteiger charge is -2.37. The van der Waals surface area contributed by atoms with Crippen molar-refractivity contribution < 1.29 is 23.0 Å². The number of anilines is 1. The fourth-order valence-electron chi connectivity index (χ4n) is 5.80. The third-order valence-electron chi connectivity index (χ3n) is 8.06. The number of nitrogens with zero attached hydrogens (tertiary/aromatic N) is 5. The van der Waals surface area contributed by atoms with Crippen LogP contribution in [-0.4, -0.2) is 43.4 Å². The number of ether oxygens (including phenoxy) is 2. The third kappa shape index (κ3) is 5.95. The second-order valence-electron chi connectivity index (χ2n) is 11.9. The first-order valence-electron chi connectivity index (χ1n) is 15.0. The average Bonchev–Trinajstić information content (AvgIpc) is 3.74. The summed E-state index contributed by atoms with van der Waals surface area (Å²) in [7, 11) is 1.60. The van der Waals surface area contributed by atoms with E-state index in [0.717, 1.165) is 11.3 Å². The molecule has 1 atom stereocenters. The van der Waals surface area contributed by atoms with E-state index in [2.05, 4.69) is 20.7 Å². The Morgan fingerprint density at radius 2 is 1.77 bits per heavy atom. The molecule has 1 N–H and O–H groups in total. The summed E-state index contributed by atoms with van der Waals surface area (Å²) < 4.78 is 44.0. The molecule has 1 aliphatic rings. The normalized spacial score (nSPS) is 15.0. The van der Waals surface area contributed by atoms with Gasteiger partial charge in [-0.3, -0.25) is 4.79 Å². The molecular formula is C36H30F2N6O3. The summed E-state index contributed by atoms with van der Waals surface area (Å²) in [6.45, 7) is 3.89. The fraction of sp³-hybridized carbons (Fsp3) is 0.167. The number of rotatable bonds is 7. The van der Waals surface area contributed by atoms with Gasteiger partial charge in [0.1, 0.15) is 34.4 Å². The molecule has 47 heavy (non-hydrogen) atoms. The van der Waals surface area contributed by atoms with Gasteiger partial charge < -0.3 is 14.8 Å². The van der Waals surface area contributed by atoms with Crippen molar-refractivity contribution in [1.29, 1.82) is 0 Å². The molecule has 0 spiro atoms. The molecule has 0 fully saturated rings. The van der Waals surface area contributed by atoms with Gasteiger partial charge >= 0.3 is 0 Å². The maximum atomic E-state index is 15.2. The average molecular weight is 633 g/mol. The van der Waals surface area contributed by atoms with Gasteiger partial charge in [-0.05, 0) is 92.7 Å². The number of hydrogen-bond donors (Lipinski definition) is 1. The van der Waals surface area contributed by atoms with Crippen molar-refractivity contribution in [2.24, 2.45) is 0 Å². The van der Waals surface area contributed by atoms with E-state index in [4.69, 9.17) is 9.47 Å². The van der Waals surface area contributed by atoms with Crippen LogP contribution in [-0.2, 0) is 0 Å². The quantitative estimate of drug-likeness (QED) is 0.196. The van der Waals surface area contributed by atoms with Gasteiger partial charge in [-0.1, -0.05) is 23.4 Å². The lowest BCUT2D eigenvalue weighted by atomic mass is 9.89. The van der Waals surface area contributed by atoms with Crippen LogP contribution in [0.25, 0.3) is 28.2 Å². The topological polar surface area (TPSA) is 96.1 Å². The van der Waals surface area contributed by atoms with Crippen molar-refractivity contribution in [2.45, 2.75) is 31.9 Å². The molecule has 2 aromatic heterocycles. The number of para-hydroxylation sites is 1. The molecule has 0 unspecified atom stereocenters. The summed E-state index contributed by atoms with van der Waals surface area (Å²) in [6, 6.07) is 26.9. The number of halogens is 2. The predicted molar refractivity (Wildman–Crippen MR) is 173 cm³/mol. The van der Waals surface area contributed by atoms with E-state index in [1.807, 2.05) is 68.4 Å². The first-order chi connectivity index (χ1) is 22.7. The smallest absolute Gasteiger partial charge is 0.276 e. The van der Waals surface area contributed by atoms with E-state index in [1.54, 1.807) is 34.8 Å². The molecular weight excluding hydrogens is 602 g/mol. The van der Waals surface area contributed by atoms with Crippen LogP contribution in [0.5, 0.6) is 11.5 Å². The highest BCUT2D eigenvalue weighted by atomic mass is 19.1. The van der Waals surface area contributed by atoms with Gasteiger partial charge in [0.2, 0.25) is 0 Å². The van der Waals surface area contributed by atoms with Gasteiger partial charge in [0.05, 0.1) is 30.7 Å². The molecule has 3 heterocycles. The lowest BCUT2D eigenvalue weighted by molar-refractivity contribution is 0.0642. The van der Waals surface area contributed by atoms with Crippen LogP contribution in [0, 0.1) is 11.6 Å². The van der Waals surface area contributed by atoms with Crippen LogP contribution in [0.2, 0.25) is 0 Å². The first-order valence-corrected chi connectivity index (χ1v) is 15.0. The summed E-state index contributed by atoms with van der Waals surface area (Å²) in [4.78, 5) is 13.5. The van der Waals surface area contributed by atoms with Crippen molar-refractivity contribution in [3.63, 3.8) is 0 Å². The molecule has 1 aliphatic heterocycles. The second-order valence-corrected chi connectivity index (χ2v) is 11.9. The number of amides is 1. The van der Waals surface area contributed by atoms with Crippen molar-refractivity contribution in [1.82, 2.24) is 24.8 Å². The molecule has 9 nitrogen and oxygen atoms in total. The van der Waals surface area contributed by atoms with Crippen molar-refractivity contribution >= 4 is 11.6 Å². The summed E-state index contributed by atoms with van der Waals surface area (Å²) in [6.07, 6.45) is 2.12. The highest BCUT2D eigenvalue weighted by Crippen LogP contribution is 2.42. The third-order valence-corrected chi connectivity index (χ3v) is 8.06. The zero-order valence-corrected chi connectivity index (χ0v) is 25.8. The highest BCUT2D eigenvalue weighted by Gasteiger charge is 2.36. The van der Waals surface area contributed by atoms with Crippen LogP contribution in [0.15, 0.2) is 103 Å². The Morgan fingerprint density at radius 3 is 2.53 bits per heavy atom. The Labute approximate surface area is 269 Å². The van der Waals surface area contributed by atoms with Gasteiger partial charge in [0.15, 0.2) is 5.69 Å². The standard InChI is InChI=1S/C36H30F2N6O3/c1-36(2)20-33(28-17-23(37)11-16-34(28)47-36)43-21-31(40-42-43)27-18-24(12-15-29(27)38)39-35(45)30-19-32(22-9-13-26(46-3)14-10-22)44(41-30)25-7-5-4-6-8-25/h4-19,21,33H,20H2,1-3H3,(H,39,45)/t33-/m0/s1. The van der Waals surface area contributed by atoms with E-state index in [-0.39, 0.29) is 23.0 Å². The molecule has 0 saturated heterocycles. The zero-order valence-electron chi connectivity index (χ0n) is 25.8. The minimum atomic E-state index is -0.544. The van der Waals surface area contributed by atoms with E-state index in [9.17, 15) is 9.18 Å². The molecule has 0 saturated carbocycles. The van der Waals surface area contributed by atoms with E-state index in [1.165, 1.54) is 30.3 Å². The van der Waals surface area contributed by atoms with E-state index in [0.29, 0.717) is 34.9 Å². The fourth-order valence-corrected chi connectivity index (χ4v) is 5.80. The Kier molecular flexibility index (Phi) is 7.51. The molecule has 11 heteroatoms. The minimum Gasteiger partial charge on any atom is -0.497 e. The van der Waals surface area contributed by atoms with Crippen LogP contribution >= 0.6 is 0 Å². The molecule has 1 amide bonds. The van der Waals surface area contributed by atoms with E-state index >= 15 is 4.39 Å². The SMILES string of the molecule is COc1ccc(-c2cc(C(=O)Nc3ccc(F)c(-c4cn([C@H]5CC(C)(C)Oc6ccc(F)cc65)nn4)c3)nn2-c2ccccc2)cc1. The highest BCUT2D eigenvalue weighted by molar-refractivity contribution is 6.04. The Morgan fingerprint density at radius 1 is 0.979 bits per heavy atom. The number of aromatic nitrogens is 5. The molecule has 236 valence electrons. The first kappa shape index (κ1) is 29.8. The number of methoxy groups -OCH3 is 1. The summed E-state index contributed by atoms with van der Waals surface area (Å²) in [5.41, 5.74) is 3.34. The second kappa shape index (κ2) is 11.8. The van der Waals surface area contributed by atoms with Crippen LogP contribution in [0.3, 0.4) is 0 Å². The van der Waals surface area contributed by atoms with E-state index < -0.39 is 23.1 Å². The molecule has 4 aromatic carbocycles. The number of benzene rings is 4. The number of hydrogen-bond acceptors (Lipinski definition) is 6. The molecule has 0 aliphatic carbocycles. The van der Waals surface area contributed by atoms with Gasteiger partial charge in [-0.25, -0.2) is 18.1 Å². The molecule has 0 radical (unpaired) electrons. The lowest BCUT2D eigenvalue weighted by Crippen LogP contribution is -2.37. The summed E-state index contributed by atoms with van der Waals surface area (Å²) in [5.74, 6) is -0.135. The maximum Gasteiger partial charge on any atom is 0.276 e. The monoisotopic (exact) mass is 632 g/mol. The number of carbonyl (C=O) groups is 1. The Hall–Kier alpha value is -5.84. The zero-order chi connectivity index (χ0) is 32.7. The molecule has 6 aromatic rings. The minimum absolute atomic E-state index is 0.147. The van der Waals surface area contributed by atoms with Gasteiger partial charge in [-0.2, -0.15) is 5.10 Å². The number of fused-ring (bicyclic) bond motifs is 1. The summed E-state index contributed by atoms with van der Waals surface area (Å²) in [5, 5.41) is 16.0. The van der Waals surface area contributed by atoms with Crippen LogP contribution in [0.1, 0.15) is 42.4 Å². The van der Waals surface area contributed by atoms with Gasteiger partial charge in [0.25, 0.3) is 5.91 Å². The van der Waals surface area contributed by atoms with Crippen LogP contribution < -0.4 is 14.8 Å². The Balaban J connectivity index is 1.18. The van der Waals surface area contributed by atoms with Gasteiger partial charge in [0, 0.05) is 28.8 Å². The van der Waals surface area contributed by atoms with Crippen molar-refractivity contribution in [2.75, 3.05) is 12.4 Å². The summed E-state index contributed by atoms with van der Waals surface area (Å²) >= 11 is 0. The maximum absolute atomic E-state index is 15.2. The van der Waals surface area contributed by atoms with Crippen molar-refractivity contribution in [3.05, 3.63) is 126 Å². The van der Waals surface area contributed by atoms with Gasteiger partial charge in [-0.15, -0.1) is 5.10 Å².